The Balaban J connectivity index is 2.15. The summed E-state index contributed by atoms with van der Waals surface area (Å²) in [4.78, 5) is 4.36. The molecule has 0 aliphatic carbocycles. The molecule has 0 aliphatic heterocycles. The van der Waals surface area contributed by atoms with E-state index in [9.17, 15) is 0 Å². The molecule has 0 atom stereocenters. The van der Waals surface area contributed by atoms with Crippen LogP contribution in [0.15, 0.2) is 49.3 Å². The molecule has 1 aromatic carbocycles. The normalized spacial score (nSPS) is 11.4. The number of rotatable bonds is 7. The van der Waals surface area contributed by atoms with Gasteiger partial charge in [-0.25, -0.2) is 4.98 Å². The van der Waals surface area contributed by atoms with Crippen molar-refractivity contribution in [2.75, 3.05) is 20.3 Å². The number of nitrogens with one attached hydrogen (secondary N) is 1. The average Bonchev–Trinajstić information content (AvgIpc) is 2.96. The number of nitrogens with zero attached hydrogens (tertiary/aromatic N) is 2. The smallest absolute Gasteiger partial charge is 0.159 e. The van der Waals surface area contributed by atoms with Crippen molar-refractivity contribution in [3.05, 3.63) is 60.7 Å². The van der Waals surface area contributed by atoms with Crippen molar-refractivity contribution >= 4 is 17.5 Å². The van der Waals surface area contributed by atoms with Crippen LogP contribution in [0.2, 0.25) is 0 Å². The van der Waals surface area contributed by atoms with Crippen LogP contribution in [0.1, 0.15) is 18.3 Å². The van der Waals surface area contributed by atoms with Crippen LogP contribution in [0.4, 0.5) is 0 Å². The van der Waals surface area contributed by atoms with E-state index in [-0.39, 0.29) is 0 Å². The first-order valence-corrected chi connectivity index (χ1v) is 6.91. The first-order chi connectivity index (χ1) is 10.2. The minimum absolute atomic E-state index is 0.638. The number of benzene rings is 1. The van der Waals surface area contributed by atoms with Crippen molar-refractivity contribution < 1.29 is 4.74 Å². The SMILES string of the molecule is C=C(NCCOC)c1nccn1/C=C(\C)c1ccccc1. The molecule has 2 rings (SSSR count). The van der Waals surface area contributed by atoms with Gasteiger partial charge in [-0.1, -0.05) is 36.9 Å². The second kappa shape index (κ2) is 7.45. The summed E-state index contributed by atoms with van der Waals surface area (Å²) in [5.74, 6) is 0.807. The van der Waals surface area contributed by atoms with Crippen LogP contribution < -0.4 is 5.32 Å². The Labute approximate surface area is 125 Å². The molecule has 4 heteroatoms. The third-order valence-corrected chi connectivity index (χ3v) is 3.15. The van der Waals surface area contributed by atoms with Crippen molar-refractivity contribution in [3.63, 3.8) is 0 Å². The monoisotopic (exact) mass is 283 g/mol. The van der Waals surface area contributed by atoms with Gasteiger partial charge in [-0.3, -0.25) is 0 Å². The van der Waals surface area contributed by atoms with E-state index in [0.717, 1.165) is 11.5 Å². The molecule has 0 saturated heterocycles. The average molecular weight is 283 g/mol. The number of imidazole rings is 1. The summed E-state index contributed by atoms with van der Waals surface area (Å²) in [5.41, 5.74) is 3.14. The van der Waals surface area contributed by atoms with Gasteiger partial charge in [0.1, 0.15) is 0 Å². The van der Waals surface area contributed by atoms with Gasteiger partial charge in [-0.05, 0) is 18.1 Å². The maximum absolute atomic E-state index is 5.02. The minimum atomic E-state index is 0.638. The summed E-state index contributed by atoms with van der Waals surface area (Å²) in [6, 6.07) is 10.3. The summed E-state index contributed by atoms with van der Waals surface area (Å²) in [5, 5.41) is 3.21. The van der Waals surface area contributed by atoms with Gasteiger partial charge in [0, 0.05) is 32.2 Å². The molecule has 4 nitrogen and oxygen atoms in total. The highest BCUT2D eigenvalue weighted by Gasteiger charge is 2.05. The number of ether oxygens (including phenoxy) is 1. The maximum atomic E-state index is 5.02. The Bertz CT molecular complexity index is 614. The molecular weight excluding hydrogens is 262 g/mol. The second-order valence-electron chi connectivity index (χ2n) is 4.73. The first-order valence-electron chi connectivity index (χ1n) is 6.91. The minimum Gasteiger partial charge on any atom is -0.383 e. The molecule has 0 saturated carbocycles. The van der Waals surface area contributed by atoms with Gasteiger partial charge in [0.05, 0.1) is 12.3 Å². The lowest BCUT2D eigenvalue weighted by atomic mass is 10.1. The zero-order valence-corrected chi connectivity index (χ0v) is 12.5. The Morgan fingerprint density at radius 2 is 2.14 bits per heavy atom. The van der Waals surface area contributed by atoms with Gasteiger partial charge in [0.15, 0.2) is 5.82 Å². The third kappa shape index (κ3) is 4.07. The van der Waals surface area contributed by atoms with Crippen molar-refractivity contribution in [2.24, 2.45) is 0 Å². The van der Waals surface area contributed by atoms with Crippen LogP contribution in [-0.4, -0.2) is 29.8 Å². The Kier molecular flexibility index (Phi) is 5.35. The molecule has 2 aromatic rings. The Morgan fingerprint density at radius 3 is 2.86 bits per heavy atom. The summed E-state index contributed by atoms with van der Waals surface area (Å²) in [7, 11) is 1.68. The zero-order chi connectivity index (χ0) is 15.1. The number of aromatic nitrogens is 2. The van der Waals surface area contributed by atoms with E-state index in [1.165, 1.54) is 11.1 Å². The predicted octanol–water partition coefficient (Wildman–Crippen LogP) is 3.11. The second-order valence-corrected chi connectivity index (χ2v) is 4.73. The molecule has 0 spiro atoms. The van der Waals surface area contributed by atoms with E-state index in [4.69, 9.17) is 4.74 Å². The molecule has 0 radical (unpaired) electrons. The molecule has 21 heavy (non-hydrogen) atoms. The van der Waals surface area contributed by atoms with Gasteiger partial charge in [-0.15, -0.1) is 0 Å². The molecule has 0 unspecified atom stereocenters. The zero-order valence-electron chi connectivity index (χ0n) is 12.5. The standard InChI is InChI=1S/C17H21N3O/c1-14(16-7-5-4-6-8-16)13-20-11-9-19-17(20)15(2)18-10-12-21-3/h4-9,11,13,18H,2,10,12H2,1,3H3/b14-13+. The van der Waals surface area contributed by atoms with Crippen LogP contribution in [0.25, 0.3) is 17.5 Å². The predicted molar refractivity (Wildman–Crippen MR) is 87.4 cm³/mol. The fourth-order valence-electron chi connectivity index (χ4n) is 2.02. The van der Waals surface area contributed by atoms with Crippen LogP contribution in [0, 0.1) is 0 Å². The van der Waals surface area contributed by atoms with Crippen molar-refractivity contribution in [3.8, 4) is 0 Å². The topological polar surface area (TPSA) is 39.1 Å². The van der Waals surface area contributed by atoms with Crippen molar-refractivity contribution in [1.82, 2.24) is 14.9 Å². The van der Waals surface area contributed by atoms with E-state index in [1.54, 1.807) is 13.3 Å². The number of hydrogen-bond donors (Lipinski definition) is 1. The fourth-order valence-corrected chi connectivity index (χ4v) is 2.02. The van der Waals surface area contributed by atoms with E-state index >= 15 is 0 Å². The molecule has 1 N–H and O–H groups in total. The Hall–Kier alpha value is -2.33. The van der Waals surface area contributed by atoms with Crippen molar-refractivity contribution in [1.29, 1.82) is 0 Å². The lowest BCUT2D eigenvalue weighted by Crippen LogP contribution is -2.18. The molecule has 0 aliphatic rings. The van der Waals surface area contributed by atoms with Gasteiger partial charge < -0.3 is 14.6 Å². The summed E-state index contributed by atoms with van der Waals surface area (Å²) < 4.78 is 7.00. The van der Waals surface area contributed by atoms with E-state index in [1.807, 2.05) is 29.0 Å². The van der Waals surface area contributed by atoms with Crippen LogP contribution in [-0.2, 0) is 4.74 Å². The molecule has 1 heterocycles. The lowest BCUT2D eigenvalue weighted by molar-refractivity contribution is 0.203. The molecule has 0 amide bonds. The quantitative estimate of drug-likeness (QED) is 0.794. The number of methoxy groups -OCH3 is 1. The fraction of sp³-hybridized carbons (Fsp3) is 0.235. The van der Waals surface area contributed by atoms with Crippen LogP contribution in [0.5, 0.6) is 0 Å². The molecule has 110 valence electrons. The highest BCUT2D eigenvalue weighted by atomic mass is 16.5. The highest BCUT2D eigenvalue weighted by molar-refractivity contribution is 5.75. The number of allylic oxidation sites excluding steroid dienone is 1. The van der Waals surface area contributed by atoms with Gasteiger partial charge in [0.2, 0.25) is 0 Å². The first kappa shape index (κ1) is 15.1. The van der Waals surface area contributed by atoms with Gasteiger partial charge >= 0.3 is 0 Å². The van der Waals surface area contributed by atoms with E-state index < -0.39 is 0 Å². The summed E-state index contributed by atoms with van der Waals surface area (Å²) in [6.45, 7) is 7.46. The summed E-state index contributed by atoms with van der Waals surface area (Å²) in [6.07, 6.45) is 5.75. The lowest BCUT2D eigenvalue weighted by Gasteiger charge is -2.10. The van der Waals surface area contributed by atoms with Crippen molar-refractivity contribution in [2.45, 2.75) is 6.92 Å². The largest absolute Gasteiger partial charge is 0.383 e. The van der Waals surface area contributed by atoms with Gasteiger partial charge in [0.25, 0.3) is 0 Å². The number of hydrogen-bond acceptors (Lipinski definition) is 3. The van der Waals surface area contributed by atoms with E-state index in [2.05, 4.69) is 42.1 Å². The molecule has 0 bridgehead atoms. The maximum Gasteiger partial charge on any atom is 0.159 e. The molecular formula is C17H21N3O. The third-order valence-electron chi connectivity index (χ3n) is 3.15. The summed E-state index contributed by atoms with van der Waals surface area (Å²) >= 11 is 0. The van der Waals surface area contributed by atoms with E-state index in [0.29, 0.717) is 13.2 Å². The molecule has 1 aromatic heterocycles. The van der Waals surface area contributed by atoms with Crippen LogP contribution >= 0.6 is 0 Å². The highest BCUT2D eigenvalue weighted by Crippen LogP contribution is 2.16. The van der Waals surface area contributed by atoms with Gasteiger partial charge in [-0.2, -0.15) is 0 Å². The van der Waals surface area contributed by atoms with Crippen LogP contribution in [0.3, 0.4) is 0 Å². The Morgan fingerprint density at radius 1 is 1.38 bits per heavy atom. The molecule has 0 fully saturated rings.